The Kier molecular flexibility index (Phi) is 7.71. The lowest BCUT2D eigenvalue weighted by Gasteiger charge is -2.27. The average Bonchev–Trinajstić information content (AvgIpc) is 2.88. The lowest BCUT2D eigenvalue weighted by Crippen LogP contribution is -2.36. The standard InChI is InChI=1S/C25H28N4O4/c1-2-14-32-21-6-8-22(9-7-21)33-18-25(30)26-20-5-3-4-19(17-20)23-10-11-24(28-27-23)29-12-15-31-16-13-29/h3-11,17H,2,12-16,18H2,1H3,(H,26,30). The third-order valence-electron chi connectivity index (χ3n) is 5.09. The molecule has 33 heavy (non-hydrogen) atoms. The van der Waals surface area contributed by atoms with Crippen LogP contribution in [0, 0.1) is 0 Å². The van der Waals surface area contributed by atoms with Gasteiger partial charge in [0.1, 0.15) is 11.5 Å². The van der Waals surface area contributed by atoms with Crippen LogP contribution in [-0.2, 0) is 9.53 Å². The van der Waals surface area contributed by atoms with Gasteiger partial charge in [-0.25, -0.2) is 0 Å². The molecule has 0 bridgehead atoms. The van der Waals surface area contributed by atoms with Gasteiger partial charge in [-0.2, -0.15) is 0 Å². The molecule has 4 rings (SSSR count). The van der Waals surface area contributed by atoms with Gasteiger partial charge < -0.3 is 24.4 Å². The summed E-state index contributed by atoms with van der Waals surface area (Å²) < 4.78 is 16.5. The molecule has 0 radical (unpaired) electrons. The summed E-state index contributed by atoms with van der Waals surface area (Å²) in [6, 6.07) is 18.7. The van der Waals surface area contributed by atoms with Crippen LogP contribution in [0.5, 0.6) is 11.5 Å². The molecule has 2 heterocycles. The van der Waals surface area contributed by atoms with Crippen molar-refractivity contribution in [2.75, 3.05) is 49.7 Å². The van der Waals surface area contributed by atoms with Crippen molar-refractivity contribution in [3.8, 4) is 22.8 Å². The second-order valence-electron chi connectivity index (χ2n) is 7.61. The lowest BCUT2D eigenvalue weighted by atomic mass is 10.1. The summed E-state index contributed by atoms with van der Waals surface area (Å²) in [7, 11) is 0. The quantitative estimate of drug-likeness (QED) is 0.533. The van der Waals surface area contributed by atoms with Crippen LogP contribution in [0.4, 0.5) is 11.5 Å². The average molecular weight is 449 g/mol. The molecule has 3 aromatic rings. The van der Waals surface area contributed by atoms with E-state index in [0.29, 0.717) is 31.3 Å². The molecule has 2 aromatic carbocycles. The van der Waals surface area contributed by atoms with Crippen molar-refractivity contribution >= 4 is 17.4 Å². The maximum absolute atomic E-state index is 12.4. The van der Waals surface area contributed by atoms with Gasteiger partial charge in [0.25, 0.3) is 5.91 Å². The highest BCUT2D eigenvalue weighted by molar-refractivity contribution is 5.92. The molecule has 172 valence electrons. The minimum absolute atomic E-state index is 0.0898. The molecule has 0 unspecified atom stereocenters. The van der Waals surface area contributed by atoms with E-state index >= 15 is 0 Å². The molecule has 0 saturated carbocycles. The van der Waals surface area contributed by atoms with Crippen molar-refractivity contribution in [2.45, 2.75) is 13.3 Å². The summed E-state index contributed by atoms with van der Waals surface area (Å²) >= 11 is 0. The van der Waals surface area contributed by atoms with Gasteiger partial charge in [0.15, 0.2) is 12.4 Å². The van der Waals surface area contributed by atoms with Crippen molar-refractivity contribution < 1.29 is 19.0 Å². The number of benzene rings is 2. The van der Waals surface area contributed by atoms with Crippen LogP contribution in [0.15, 0.2) is 60.7 Å². The molecule has 8 nitrogen and oxygen atoms in total. The van der Waals surface area contributed by atoms with Crippen molar-refractivity contribution in [3.05, 3.63) is 60.7 Å². The molecule has 8 heteroatoms. The Bertz CT molecular complexity index is 1040. The van der Waals surface area contributed by atoms with E-state index in [0.717, 1.165) is 42.3 Å². The van der Waals surface area contributed by atoms with Crippen molar-refractivity contribution in [2.24, 2.45) is 0 Å². The fourth-order valence-electron chi connectivity index (χ4n) is 3.39. The van der Waals surface area contributed by atoms with Gasteiger partial charge in [-0.3, -0.25) is 4.79 Å². The highest BCUT2D eigenvalue weighted by Crippen LogP contribution is 2.22. The van der Waals surface area contributed by atoms with Gasteiger partial charge in [-0.15, -0.1) is 10.2 Å². The number of aromatic nitrogens is 2. The summed E-state index contributed by atoms with van der Waals surface area (Å²) in [6.07, 6.45) is 0.950. The molecule has 1 amide bonds. The van der Waals surface area contributed by atoms with Gasteiger partial charge in [0.05, 0.1) is 25.5 Å². The van der Waals surface area contributed by atoms with Crippen molar-refractivity contribution in [3.63, 3.8) is 0 Å². The molecule has 1 saturated heterocycles. The highest BCUT2D eigenvalue weighted by Gasteiger charge is 2.13. The number of anilines is 2. The van der Waals surface area contributed by atoms with Gasteiger partial charge in [-0.05, 0) is 55.0 Å². The molecule has 1 fully saturated rings. The molecule has 1 N–H and O–H groups in total. The smallest absolute Gasteiger partial charge is 0.262 e. The van der Waals surface area contributed by atoms with Gasteiger partial charge in [0, 0.05) is 24.3 Å². The molecular formula is C25H28N4O4. The number of rotatable bonds is 9. The molecular weight excluding hydrogens is 420 g/mol. The topological polar surface area (TPSA) is 85.8 Å². The van der Waals surface area contributed by atoms with E-state index in [1.165, 1.54) is 0 Å². The number of carbonyl (C=O) groups is 1. The summed E-state index contributed by atoms with van der Waals surface area (Å²) in [5.41, 5.74) is 2.28. The maximum atomic E-state index is 12.4. The number of hydrogen-bond acceptors (Lipinski definition) is 7. The number of hydrogen-bond donors (Lipinski definition) is 1. The van der Waals surface area contributed by atoms with Crippen LogP contribution in [0.2, 0.25) is 0 Å². The van der Waals surface area contributed by atoms with E-state index < -0.39 is 0 Å². The SMILES string of the molecule is CCCOc1ccc(OCC(=O)Nc2cccc(-c3ccc(N4CCOCC4)nn3)c2)cc1. The van der Waals surface area contributed by atoms with Crippen LogP contribution in [0.25, 0.3) is 11.3 Å². The second-order valence-corrected chi connectivity index (χ2v) is 7.61. The monoisotopic (exact) mass is 448 g/mol. The Morgan fingerprint density at radius 1 is 1.00 bits per heavy atom. The van der Waals surface area contributed by atoms with E-state index in [-0.39, 0.29) is 12.5 Å². The van der Waals surface area contributed by atoms with Crippen LogP contribution in [0.3, 0.4) is 0 Å². The van der Waals surface area contributed by atoms with E-state index in [1.807, 2.05) is 48.5 Å². The summed E-state index contributed by atoms with van der Waals surface area (Å²) in [5, 5.41) is 11.6. The highest BCUT2D eigenvalue weighted by atomic mass is 16.5. The Morgan fingerprint density at radius 2 is 1.76 bits per heavy atom. The first-order chi connectivity index (χ1) is 16.2. The number of morpholine rings is 1. The third-order valence-corrected chi connectivity index (χ3v) is 5.09. The minimum Gasteiger partial charge on any atom is -0.494 e. The Labute approximate surface area is 193 Å². The van der Waals surface area contributed by atoms with Crippen LogP contribution >= 0.6 is 0 Å². The zero-order chi connectivity index (χ0) is 22.9. The van der Waals surface area contributed by atoms with Gasteiger partial charge in [-0.1, -0.05) is 19.1 Å². The van der Waals surface area contributed by atoms with Gasteiger partial charge in [0.2, 0.25) is 0 Å². The van der Waals surface area contributed by atoms with Crippen molar-refractivity contribution in [1.29, 1.82) is 0 Å². The predicted molar refractivity (Wildman–Crippen MR) is 127 cm³/mol. The molecule has 1 aromatic heterocycles. The van der Waals surface area contributed by atoms with Crippen LogP contribution < -0.4 is 19.7 Å². The predicted octanol–water partition coefficient (Wildman–Crippen LogP) is 3.79. The van der Waals surface area contributed by atoms with E-state index in [9.17, 15) is 4.79 Å². The number of nitrogens with zero attached hydrogens (tertiary/aromatic N) is 3. The number of ether oxygens (including phenoxy) is 3. The largest absolute Gasteiger partial charge is 0.494 e. The number of amides is 1. The van der Waals surface area contributed by atoms with E-state index in [4.69, 9.17) is 14.2 Å². The molecule has 1 aliphatic rings. The summed E-state index contributed by atoms with van der Waals surface area (Å²) in [6.45, 7) is 5.67. The maximum Gasteiger partial charge on any atom is 0.262 e. The van der Waals surface area contributed by atoms with E-state index in [2.05, 4.69) is 27.3 Å². The second kappa shape index (κ2) is 11.3. The van der Waals surface area contributed by atoms with E-state index in [1.54, 1.807) is 12.1 Å². The van der Waals surface area contributed by atoms with Crippen molar-refractivity contribution in [1.82, 2.24) is 10.2 Å². The Balaban J connectivity index is 1.31. The Hall–Kier alpha value is -3.65. The summed E-state index contributed by atoms with van der Waals surface area (Å²) in [4.78, 5) is 14.5. The lowest BCUT2D eigenvalue weighted by molar-refractivity contribution is -0.118. The first-order valence-electron chi connectivity index (χ1n) is 11.1. The first-order valence-corrected chi connectivity index (χ1v) is 11.1. The van der Waals surface area contributed by atoms with Crippen LogP contribution in [-0.4, -0.2) is 55.6 Å². The van der Waals surface area contributed by atoms with Gasteiger partial charge >= 0.3 is 0 Å². The normalized spacial score (nSPS) is 13.4. The number of nitrogens with one attached hydrogen (secondary N) is 1. The Morgan fingerprint density at radius 3 is 2.45 bits per heavy atom. The molecule has 0 atom stereocenters. The molecule has 1 aliphatic heterocycles. The third kappa shape index (κ3) is 6.43. The molecule has 0 spiro atoms. The fraction of sp³-hybridized carbons (Fsp3) is 0.320. The fourth-order valence-corrected chi connectivity index (χ4v) is 3.39. The van der Waals surface area contributed by atoms with Crippen LogP contribution in [0.1, 0.15) is 13.3 Å². The minimum atomic E-state index is -0.243. The zero-order valence-electron chi connectivity index (χ0n) is 18.7. The molecule has 0 aliphatic carbocycles. The summed E-state index contributed by atoms with van der Waals surface area (Å²) in [5.74, 6) is 1.99. The number of carbonyl (C=O) groups excluding carboxylic acids is 1. The first kappa shape index (κ1) is 22.5. The zero-order valence-corrected chi connectivity index (χ0v) is 18.7.